The van der Waals surface area contributed by atoms with E-state index in [1.807, 2.05) is 6.07 Å². The molecule has 0 bridgehead atoms. The lowest BCUT2D eigenvalue weighted by atomic mass is 10.0. The number of hydrogen-bond acceptors (Lipinski definition) is 6. The van der Waals surface area contributed by atoms with Gasteiger partial charge in [-0.2, -0.15) is 5.10 Å². The van der Waals surface area contributed by atoms with E-state index in [9.17, 15) is 13.2 Å². The minimum absolute atomic E-state index is 0.292. The van der Waals surface area contributed by atoms with E-state index in [1.54, 1.807) is 0 Å². The van der Waals surface area contributed by atoms with Crippen LogP contribution in [0, 0.1) is 17.8 Å². The average molecular weight is 464 g/mol. The number of ether oxygens (including phenoxy) is 2. The molecule has 0 radical (unpaired) electrons. The van der Waals surface area contributed by atoms with E-state index < -0.39 is 12.1 Å². The Hall–Kier alpha value is -2.33. The van der Waals surface area contributed by atoms with Crippen molar-refractivity contribution in [3.8, 4) is 17.0 Å². The molecule has 2 aromatic rings. The van der Waals surface area contributed by atoms with Crippen molar-refractivity contribution in [2.75, 3.05) is 32.0 Å². The maximum atomic E-state index is 12.8. The Morgan fingerprint density at radius 1 is 1.12 bits per heavy atom. The number of aromatic nitrogens is 3. The van der Waals surface area contributed by atoms with Crippen LogP contribution in [0.1, 0.15) is 37.3 Å². The van der Waals surface area contributed by atoms with Crippen LogP contribution < -0.4 is 10.5 Å². The number of nitrogens with two attached hydrogens (primary N) is 1. The summed E-state index contributed by atoms with van der Waals surface area (Å²) in [5, 5.41) is 4.80. The van der Waals surface area contributed by atoms with Crippen molar-refractivity contribution in [2.45, 2.75) is 50.6 Å². The molecule has 4 atom stereocenters. The standard InChI is InChI=1S/C23H28F3N5O2/c24-23(25,26)33-20-7-14(11-28-22(20)27)18-10-19(31(29-18)12-13-1-2-13)21-16-8-15(9-17(16)21)30-3-5-32-6-4-30/h7,10-11,13,15-17,21H,1-6,8-9,12H2,(H2,27,28)/t15-,16+,17-,21+. The van der Waals surface area contributed by atoms with Crippen molar-refractivity contribution in [3.05, 3.63) is 24.0 Å². The molecule has 10 heteroatoms. The van der Waals surface area contributed by atoms with Crippen LogP contribution in [0.5, 0.6) is 5.75 Å². The molecule has 3 aliphatic carbocycles. The molecule has 3 saturated carbocycles. The summed E-state index contributed by atoms with van der Waals surface area (Å²) in [6.45, 7) is 4.55. The number of anilines is 1. The molecule has 1 aliphatic heterocycles. The van der Waals surface area contributed by atoms with Crippen LogP contribution in [0.25, 0.3) is 11.3 Å². The van der Waals surface area contributed by atoms with E-state index >= 15 is 0 Å². The van der Waals surface area contributed by atoms with Gasteiger partial charge in [0.15, 0.2) is 11.6 Å². The van der Waals surface area contributed by atoms with Crippen LogP contribution in [0.15, 0.2) is 18.3 Å². The number of alkyl halides is 3. The molecule has 1 saturated heterocycles. The largest absolute Gasteiger partial charge is 0.573 e. The zero-order valence-corrected chi connectivity index (χ0v) is 18.3. The molecule has 0 spiro atoms. The molecule has 4 aliphatic rings. The number of hydrogen-bond donors (Lipinski definition) is 1. The van der Waals surface area contributed by atoms with Crippen LogP contribution in [0.4, 0.5) is 19.0 Å². The Balaban J connectivity index is 1.23. The number of halogens is 3. The third kappa shape index (κ3) is 4.30. The first-order valence-electron chi connectivity index (χ1n) is 11.8. The quantitative estimate of drug-likeness (QED) is 0.705. The first-order valence-corrected chi connectivity index (χ1v) is 11.8. The second-order valence-electron chi connectivity index (χ2n) is 9.86. The van der Waals surface area contributed by atoms with Crippen LogP contribution in [-0.2, 0) is 11.3 Å². The van der Waals surface area contributed by atoms with E-state index in [-0.39, 0.29) is 5.82 Å². The topological polar surface area (TPSA) is 78.4 Å². The van der Waals surface area contributed by atoms with Gasteiger partial charge in [0.2, 0.25) is 0 Å². The Morgan fingerprint density at radius 2 is 1.85 bits per heavy atom. The number of nitrogen functional groups attached to an aromatic ring is 1. The van der Waals surface area contributed by atoms with Gasteiger partial charge in [-0.15, -0.1) is 13.2 Å². The third-order valence-corrected chi connectivity index (χ3v) is 7.67. The zero-order valence-electron chi connectivity index (χ0n) is 18.3. The van der Waals surface area contributed by atoms with Gasteiger partial charge in [-0.05, 0) is 55.6 Å². The molecule has 6 rings (SSSR count). The second kappa shape index (κ2) is 7.87. The zero-order chi connectivity index (χ0) is 22.7. The molecule has 0 amide bonds. The molecule has 0 unspecified atom stereocenters. The van der Waals surface area contributed by atoms with Gasteiger partial charge in [0.1, 0.15) is 0 Å². The predicted octanol–water partition coefficient (Wildman–Crippen LogP) is 3.66. The fourth-order valence-corrected chi connectivity index (χ4v) is 5.83. The van der Waals surface area contributed by atoms with Gasteiger partial charge in [0.05, 0.1) is 18.9 Å². The minimum Gasteiger partial charge on any atom is -0.402 e. The highest BCUT2D eigenvalue weighted by Crippen LogP contribution is 2.64. The Kier molecular flexibility index (Phi) is 5.06. The third-order valence-electron chi connectivity index (χ3n) is 7.67. The van der Waals surface area contributed by atoms with Crippen molar-refractivity contribution >= 4 is 5.82 Å². The van der Waals surface area contributed by atoms with E-state index in [4.69, 9.17) is 15.6 Å². The molecule has 7 nitrogen and oxygen atoms in total. The first kappa shape index (κ1) is 21.2. The lowest BCUT2D eigenvalue weighted by molar-refractivity contribution is -0.274. The first-order chi connectivity index (χ1) is 15.9. The highest BCUT2D eigenvalue weighted by molar-refractivity contribution is 5.64. The van der Waals surface area contributed by atoms with Crippen molar-refractivity contribution in [1.82, 2.24) is 19.7 Å². The SMILES string of the molecule is Nc1ncc(-c2cc([C@@H]3[C@@H]4C[C@H](N5CCOCC5)C[C@@H]43)n(CC3CC3)n2)cc1OC(F)(F)F. The molecule has 2 N–H and O–H groups in total. The smallest absolute Gasteiger partial charge is 0.402 e. The van der Waals surface area contributed by atoms with Gasteiger partial charge < -0.3 is 15.2 Å². The lowest BCUT2D eigenvalue weighted by Crippen LogP contribution is -2.43. The van der Waals surface area contributed by atoms with E-state index in [1.165, 1.54) is 43.6 Å². The Labute approximate surface area is 190 Å². The van der Waals surface area contributed by atoms with Crippen LogP contribution >= 0.6 is 0 Å². The number of nitrogens with zero attached hydrogens (tertiary/aromatic N) is 4. The van der Waals surface area contributed by atoms with E-state index in [2.05, 4.69) is 19.3 Å². The van der Waals surface area contributed by atoms with Gasteiger partial charge in [0, 0.05) is 49.0 Å². The van der Waals surface area contributed by atoms with E-state index in [0.717, 1.165) is 32.8 Å². The molecular weight excluding hydrogens is 435 g/mol. The minimum atomic E-state index is -4.83. The summed E-state index contributed by atoms with van der Waals surface area (Å²) < 4.78 is 49.9. The van der Waals surface area contributed by atoms with Gasteiger partial charge in [-0.3, -0.25) is 9.58 Å². The van der Waals surface area contributed by atoms with Gasteiger partial charge in [0.25, 0.3) is 0 Å². The van der Waals surface area contributed by atoms with Crippen LogP contribution in [-0.4, -0.2) is 58.4 Å². The van der Waals surface area contributed by atoms with Crippen molar-refractivity contribution < 1.29 is 22.6 Å². The average Bonchev–Trinajstić information content (AvgIpc) is 3.62. The predicted molar refractivity (Wildman–Crippen MR) is 114 cm³/mol. The highest BCUT2D eigenvalue weighted by atomic mass is 19.4. The summed E-state index contributed by atoms with van der Waals surface area (Å²) >= 11 is 0. The summed E-state index contributed by atoms with van der Waals surface area (Å²) in [6, 6.07) is 3.97. The van der Waals surface area contributed by atoms with Crippen molar-refractivity contribution in [2.24, 2.45) is 17.8 Å². The Morgan fingerprint density at radius 3 is 2.52 bits per heavy atom. The number of pyridine rings is 1. The van der Waals surface area contributed by atoms with Crippen molar-refractivity contribution in [1.29, 1.82) is 0 Å². The van der Waals surface area contributed by atoms with E-state index in [0.29, 0.717) is 41.0 Å². The van der Waals surface area contributed by atoms with Crippen LogP contribution in [0.3, 0.4) is 0 Å². The normalized spacial score (nSPS) is 29.8. The maximum absolute atomic E-state index is 12.8. The highest BCUT2D eigenvalue weighted by Gasteiger charge is 2.58. The van der Waals surface area contributed by atoms with Crippen LogP contribution in [0.2, 0.25) is 0 Å². The summed E-state index contributed by atoms with van der Waals surface area (Å²) in [5.74, 6) is 1.66. The van der Waals surface area contributed by atoms with Gasteiger partial charge >= 0.3 is 6.36 Å². The monoisotopic (exact) mass is 463 g/mol. The Bertz CT molecular complexity index is 1020. The van der Waals surface area contributed by atoms with Gasteiger partial charge in [-0.1, -0.05) is 0 Å². The molecule has 0 aromatic carbocycles. The molecule has 3 heterocycles. The summed E-state index contributed by atoms with van der Waals surface area (Å²) in [5.41, 5.74) is 7.92. The molecular formula is C23H28F3N5O2. The fourth-order valence-electron chi connectivity index (χ4n) is 5.83. The number of morpholine rings is 1. The molecule has 2 aromatic heterocycles. The van der Waals surface area contributed by atoms with Crippen molar-refractivity contribution in [3.63, 3.8) is 0 Å². The summed E-state index contributed by atoms with van der Waals surface area (Å²) in [7, 11) is 0. The number of fused-ring (bicyclic) bond motifs is 1. The fraction of sp³-hybridized carbons (Fsp3) is 0.652. The second-order valence-corrected chi connectivity index (χ2v) is 9.86. The van der Waals surface area contributed by atoms with Gasteiger partial charge in [-0.25, -0.2) is 4.98 Å². The summed E-state index contributed by atoms with van der Waals surface area (Å²) in [4.78, 5) is 6.49. The number of rotatable bonds is 6. The molecule has 4 fully saturated rings. The molecule has 178 valence electrons. The summed E-state index contributed by atoms with van der Waals surface area (Å²) in [6.07, 6.45) is 1.46. The maximum Gasteiger partial charge on any atom is 0.573 e. The molecule has 33 heavy (non-hydrogen) atoms. The lowest BCUT2D eigenvalue weighted by Gasteiger charge is -2.33.